The Balaban J connectivity index is 1.14. The van der Waals surface area contributed by atoms with E-state index in [0.717, 1.165) is 66.9 Å². The molecular formula is C52H34N2O. The lowest BCUT2D eigenvalue weighted by molar-refractivity contribution is 0.670. The molecule has 55 heavy (non-hydrogen) atoms. The normalized spacial score (nSPS) is 11.6. The molecule has 11 rings (SSSR count). The first-order chi connectivity index (χ1) is 27.3. The highest BCUT2D eigenvalue weighted by Gasteiger charge is 2.23. The first kappa shape index (κ1) is 31.2. The van der Waals surface area contributed by atoms with Crippen molar-refractivity contribution in [2.24, 2.45) is 0 Å². The Kier molecular flexibility index (Phi) is 7.17. The second-order valence-corrected chi connectivity index (χ2v) is 14.1. The van der Waals surface area contributed by atoms with Crippen molar-refractivity contribution in [2.75, 3.05) is 4.90 Å². The minimum absolute atomic E-state index is 0.907. The molecule has 11 aromatic rings. The molecule has 0 unspecified atom stereocenters. The molecule has 2 aromatic heterocycles. The summed E-state index contributed by atoms with van der Waals surface area (Å²) in [6.07, 6.45) is 0. The smallest absolute Gasteiger partial charge is 0.143 e. The summed E-state index contributed by atoms with van der Waals surface area (Å²) in [4.78, 5) is 2.43. The maximum Gasteiger partial charge on any atom is 0.143 e. The number of anilines is 3. The maximum absolute atomic E-state index is 6.64. The van der Waals surface area contributed by atoms with E-state index in [1.54, 1.807) is 0 Å². The van der Waals surface area contributed by atoms with Gasteiger partial charge in [0.15, 0.2) is 0 Å². The Morgan fingerprint density at radius 3 is 1.85 bits per heavy atom. The molecule has 0 amide bonds. The number of furan rings is 1. The number of aromatic nitrogens is 1. The van der Waals surface area contributed by atoms with E-state index >= 15 is 0 Å². The number of fused-ring (bicyclic) bond motifs is 8. The van der Waals surface area contributed by atoms with Gasteiger partial charge < -0.3 is 13.9 Å². The highest BCUT2D eigenvalue weighted by molar-refractivity contribution is 6.21. The first-order valence-electron chi connectivity index (χ1n) is 18.8. The summed E-state index contributed by atoms with van der Waals surface area (Å²) in [5.74, 6) is 0. The predicted molar refractivity (Wildman–Crippen MR) is 231 cm³/mol. The predicted octanol–water partition coefficient (Wildman–Crippen LogP) is 14.6. The molecule has 0 aliphatic heterocycles. The molecule has 3 nitrogen and oxygen atoms in total. The molecule has 0 aliphatic rings. The van der Waals surface area contributed by atoms with Crippen LogP contribution in [0.5, 0.6) is 0 Å². The van der Waals surface area contributed by atoms with Crippen molar-refractivity contribution in [3.8, 4) is 27.9 Å². The van der Waals surface area contributed by atoms with Crippen LogP contribution in [0, 0.1) is 0 Å². The molecule has 0 aliphatic carbocycles. The third kappa shape index (κ3) is 4.98. The molecule has 0 N–H and O–H groups in total. The average molecular weight is 703 g/mol. The van der Waals surface area contributed by atoms with Gasteiger partial charge in [-0.3, -0.25) is 0 Å². The molecule has 258 valence electrons. The van der Waals surface area contributed by atoms with Crippen LogP contribution in [0.25, 0.3) is 82.5 Å². The highest BCUT2D eigenvalue weighted by Crippen LogP contribution is 2.47. The van der Waals surface area contributed by atoms with Gasteiger partial charge in [-0.15, -0.1) is 0 Å². The molecule has 3 heteroatoms. The van der Waals surface area contributed by atoms with Crippen molar-refractivity contribution in [1.82, 2.24) is 4.57 Å². The van der Waals surface area contributed by atoms with Gasteiger partial charge in [0.05, 0.1) is 22.4 Å². The van der Waals surface area contributed by atoms with E-state index in [4.69, 9.17) is 4.42 Å². The van der Waals surface area contributed by atoms with Crippen LogP contribution < -0.4 is 4.90 Å². The minimum Gasteiger partial charge on any atom is -0.455 e. The lowest BCUT2D eigenvalue weighted by atomic mass is 9.99. The molecule has 0 atom stereocenters. The van der Waals surface area contributed by atoms with Crippen molar-refractivity contribution in [3.05, 3.63) is 206 Å². The molecular weight excluding hydrogens is 669 g/mol. The summed E-state index contributed by atoms with van der Waals surface area (Å²) < 4.78 is 9.03. The van der Waals surface area contributed by atoms with Gasteiger partial charge in [-0.1, -0.05) is 152 Å². The maximum atomic E-state index is 6.64. The number of nitrogens with zero attached hydrogens (tertiary/aromatic N) is 2. The summed E-state index contributed by atoms with van der Waals surface area (Å²) in [5, 5.41) is 7.13. The minimum atomic E-state index is 0.907. The molecule has 0 spiro atoms. The number of hydrogen-bond acceptors (Lipinski definition) is 2. The van der Waals surface area contributed by atoms with E-state index in [1.807, 2.05) is 0 Å². The van der Waals surface area contributed by atoms with Gasteiger partial charge in [0, 0.05) is 44.0 Å². The third-order valence-electron chi connectivity index (χ3n) is 11.0. The Hall–Kier alpha value is -7.36. The van der Waals surface area contributed by atoms with Gasteiger partial charge in [0.1, 0.15) is 11.2 Å². The van der Waals surface area contributed by atoms with Gasteiger partial charge in [-0.25, -0.2) is 0 Å². The van der Waals surface area contributed by atoms with Crippen LogP contribution in [0.15, 0.2) is 211 Å². The Labute approximate surface area is 318 Å². The van der Waals surface area contributed by atoms with Crippen LogP contribution in [0.1, 0.15) is 0 Å². The lowest BCUT2D eigenvalue weighted by Crippen LogP contribution is -2.11. The first-order valence-corrected chi connectivity index (χ1v) is 18.8. The number of benzene rings is 9. The molecule has 0 fully saturated rings. The van der Waals surface area contributed by atoms with Crippen LogP contribution in [0.3, 0.4) is 0 Å². The molecule has 0 saturated carbocycles. The molecule has 0 bridgehead atoms. The molecule has 0 radical (unpaired) electrons. The lowest BCUT2D eigenvalue weighted by Gasteiger charge is -2.29. The Morgan fingerprint density at radius 1 is 0.382 bits per heavy atom. The molecule has 9 aromatic carbocycles. The fraction of sp³-hybridized carbons (Fsp3) is 0. The van der Waals surface area contributed by atoms with E-state index in [2.05, 4.69) is 216 Å². The molecule has 2 heterocycles. The summed E-state index contributed by atoms with van der Waals surface area (Å²) >= 11 is 0. The van der Waals surface area contributed by atoms with Crippen LogP contribution in [0.2, 0.25) is 0 Å². The van der Waals surface area contributed by atoms with Gasteiger partial charge in [-0.2, -0.15) is 0 Å². The monoisotopic (exact) mass is 702 g/mol. The number of para-hydroxylation sites is 4. The van der Waals surface area contributed by atoms with Gasteiger partial charge in [-0.05, 0) is 76.5 Å². The zero-order chi connectivity index (χ0) is 36.3. The quantitative estimate of drug-likeness (QED) is 0.172. The second-order valence-electron chi connectivity index (χ2n) is 14.1. The zero-order valence-electron chi connectivity index (χ0n) is 29.9. The van der Waals surface area contributed by atoms with Gasteiger partial charge >= 0.3 is 0 Å². The van der Waals surface area contributed by atoms with E-state index in [-0.39, 0.29) is 0 Å². The summed E-state index contributed by atoms with van der Waals surface area (Å²) in [5.41, 5.74) is 13.1. The second kappa shape index (κ2) is 12.6. The topological polar surface area (TPSA) is 21.3 Å². The third-order valence-corrected chi connectivity index (χ3v) is 11.0. The van der Waals surface area contributed by atoms with E-state index in [0.29, 0.717) is 0 Å². The average Bonchev–Trinajstić information content (AvgIpc) is 3.82. The largest absolute Gasteiger partial charge is 0.455 e. The van der Waals surface area contributed by atoms with Gasteiger partial charge in [0.25, 0.3) is 0 Å². The SMILES string of the molecule is c1ccc(-c2ccccc2N(c2ccc(-c3cccc4c3oc3ccc5ccccc5c34)cc2)c2cccc3c2c2ccccc2n3-c2ccccc2)cc1. The van der Waals surface area contributed by atoms with Crippen molar-refractivity contribution in [1.29, 1.82) is 0 Å². The van der Waals surface area contributed by atoms with Crippen molar-refractivity contribution in [2.45, 2.75) is 0 Å². The standard InChI is InChI=1S/C52H34N2O/c1-3-15-35(16-4-1)40-20-9-11-25-45(40)54(48-28-14-27-47-51(48)43-22-10-12-26-46(43)53(47)38-18-5-2-6-19-38)39-32-29-37(30-33-39)42-23-13-24-44-50-41-21-8-7-17-36(41)31-34-49(50)55-52(42)44/h1-34H. The highest BCUT2D eigenvalue weighted by atomic mass is 16.3. The number of hydrogen-bond donors (Lipinski definition) is 0. The zero-order valence-corrected chi connectivity index (χ0v) is 29.9. The number of rotatable bonds is 6. The summed E-state index contributed by atoms with van der Waals surface area (Å²) in [6, 6.07) is 73.8. The van der Waals surface area contributed by atoms with Crippen LogP contribution >= 0.6 is 0 Å². The molecule has 0 saturated heterocycles. The summed E-state index contributed by atoms with van der Waals surface area (Å²) in [7, 11) is 0. The van der Waals surface area contributed by atoms with E-state index in [1.165, 1.54) is 32.6 Å². The van der Waals surface area contributed by atoms with Crippen molar-refractivity contribution < 1.29 is 4.42 Å². The Bertz CT molecular complexity index is 3190. The van der Waals surface area contributed by atoms with E-state index in [9.17, 15) is 0 Å². The van der Waals surface area contributed by atoms with Crippen molar-refractivity contribution >= 4 is 71.6 Å². The van der Waals surface area contributed by atoms with E-state index < -0.39 is 0 Å². The van der Waals surface area contributed by atoms with Gasteiger partial charge in [0.2, 0.25) is 0 Å². The summed E-state index contributed by atoms with van der Waals surface area (Å²) in [6.45, 7) is 0. The van der Waals surface area contributed by atoms with Crippen LogP contribution in [0.4, 0.5) is 17.1 Å². The Morgan fingerprint density at radius 2 is 1.00 bits per heavy atom. The van der Waals surface area contributed by atoms with Crippen LogP contribution in [-0.4, -0.2) is 4.57 Å². The van der Waals surface area contributed by atoms with Crippen LogP contribution in [-0.2, 0) is 0 Å². The van der Waals surface area contributed by atoms with Crippen molar-refractivity contribution in [3.63, 3.8) is 0 Å². The fourth-order valence-electron chi connectivity index (χ4n) is 8.57. The fourth-order valence-corrected chi connectivity index (χ4v) is 8.57.